The van der Waals surface area contributed by atoms with E-state index in [0.717, 1.165) is 10.2 Å². The average molecular weight is 310 g/mol. The minimum Gasteiger partial charge on any atom is -0.508 e. The van der Waals surface area contributed by atoms with Gasteiger partial charge < -0.3 is 15.3 Å². The SMILES string of the molecule is Nc1oc2cc(O)ccc2c(=O)c1-c1nc2ccccc2s1. The van der Waals surface area contributed by atoms with Crippen LogP contribution < -0.4 is 11.2 Å². The molecule has 6 heteroatoms. The van der Waals surface area contributed by atoms with Crippen LogP contribution >= 0.6 is 11.3 Å². The molecule has 0 unspecified atom stereocenters. The first-order chi connectivity index (χ1) is 10.6. The van der Waals surface area contributed by atoms with Crippen molar-refractivity contribution in [1.82, 2.24) is 4.98 Å². The standard InChI is InChI=1S/C16H10N2O3S/c17-15-13(16-18-10-3-1-2-4-12(10)22-16)14(20)9-6-5-8(19)7-11(9)21-15/h1-7,19H,17H2. The molecule has 0 amide bonds. The van der Waals surface area contributed by atoms with Gasteiger partial charge in [-0.1, -0.05) is 12.1 Å². The Morgan fingerprint density at radius 3 is 2.82 bits per heavy atom. The van der Waals surface area contributed by atoms with Crippen molar-refractivity contribution < 1.29 is 9.52 Å². The Morgan fingerprint density at radius 2 is 2.00 bits per heavy atom. The third-order valence-electron chi connectivity index (χ3n) is 3.41. The summed E-state index contributed by atoms with van der Waals surface area (Å²) in [6.07, 6.45) is 0. The van der Waals surface area contributed by atoms with E-state index in [1.807, 2.05) is 24.3 Å². The molecule has 3 N–H and O–H groups in total. The van der Waals surface area contributed by atoms with Gasteiger partial charge in [0.1, 0.15) is 21.9 Å². The van der Waals surface area contributed by atoms with Crippen LogP contribution in [0.25, 0.3) is 31.8 Å². The summed E-state index contributed by atoms with van der Waals surface area (Å²) in [5.41, 5.74) is 6.99. The van der Waals surface area contributed by atoms with Crippen molar-refractivity contribution in [3.63, 3.8) is 0 Å². The highest BCUT2D eigenvalue weighted by molar-refractivity contribution is 7.21. The molecule has 0 aliphatic carbocycles. The second kappa shape index (κ2) is 4.57. The number of thiazole rings is 1. The Morgan fingerprint density at radius 1 is 1.18 bits per heavy atom. The fourth-order valence-corrected chi connectivity index (χ4v) is 3.39. The van der Waals surface area contributed by atoms with Crippen molar-refractivity contribution >= 4 is 38.4 Å². The van der Waals surface area contributed by atoms with Crippen LogP contribution in [-0.2, 0) is 0 Å². The van der Waals surface area contributed by atoms with Crippen LogP contribution in [0.4, 0.5) is 5.88 Å². The fourth-order valence-electron chi connectivity index (χ4n) is 2.38. The van der Waals surface area contributed by atoms with E-state index in [-0.39, 0.29) is 28.2 Å². The number of anilines is 1. The van der Waals surface area contributed by atoms with Crippen molar-refractivity contribution in [3.8, 4) is 16.3 Å². The Bertz CT molecular complexity index is 1050. The molecule has 2 heterocycles. The Labute approximate surface area is 128 Å². The van der Waals surface area contributed by atoms with Crippen LogP contribution in [0.15, 0.2) is 51.7 Å². The van der Waals surface area contributed by atoms with Gasteiger partial charge in [-0.05, 0) is 24.3 Å². The molecular formula is C16H10N2O3S. The number of para-hydroxylation sites is 1. The predicted octanol–water partition coefficient (Wildman–Crippen LogP) is 3.36. The molecule has 0 aliphatic rings. The normalized spacial score (nSPS) is 11.3. The second-order valence-corrected chi connectivity index (χ2v) is 5.87. The molecule has 5 nitrogen and oxygen atoms in total. The molecule has 2 aromatic heterocycles. The van der Waals surface area contributed by atoms with Crippen molar-refractivity contribution in [2.24, 2.45) is 0 Å². The number of fused-ring (bicyclic) bond motifs is 2. The quantitative estimate of drug-likeness (QED) is 0.562. The predicted molar refractivity (Wildman–Crippen MR) is 87.2 cm³/mol. The number of phenols is 1. The van der Waals surface area contributed by atoms with Gasteiger partial charge in [0, 0.05) is 6.07 Å². The highest BCUT2D eigenvalue weighted by Crippen LogP contribution is 2.33. The van der Waals surface area contributed by atoms with Gasteiger partial charge in [-0.15, -0.1) is 11.3 Å². The van der Waals surface area contributed by atoms with E-state index in [9.17, 15) is 9.90 Å². The topological polar surface area (TPSA) is 89.4 Å². The smallest absolute Gasteiger partial charge is 0.205 e. The lowest BCUT2D eigenvalue weighted by Crippen LogP contribution is -2.08. The maximum Gasteiger partial charge on any atom is 0.205 e. The number of benzene rings is 2. The van der Waals surface area contributed by atoms with Gasteiger partial charge >= 0.3 is 0 Å². The van der Waals surface area contributed by atoms with Crippen LogP contribution in [0.1, 0.15) is 0 Å². The molecular weight excluding hydrogens is 300 g/mol. The molecule has 0 saturated heterocycles. The molecule has 0 radical (unpaired) electrons. The van der Waals surface area contributed by atoms with E-state index in [2.05, 4.69) is 4.98 Å². The first-order valence-electron chi connectivity index (χ1n) is 6.55. The van der Waals surface area contributed by atoms with Crippen LogP contribution in [-0.4, -0.2) is 10.1 Å². The van der Waals surface area contributed by atoms with Crippen LogP contribution in [0.2, 0.25) is 0 Å². The summed E-state index contributed by atoms with van der Waals surface area (Å²) in [6, 6.07) is 12.0. The fraction of sp³-hybridized carbons (Fsp3) is 0. The van der Waals surface area contributed by atoms with Gasteiger partial charge in [-0.3, -0.25) is 4.79 Å². The van der Waals surface area contributed by atoms with Gasteiger partial charge in [0.05, 0.1) is 15.6 Å². The van der Waals surface area contributed by atoms with E-state index in [4.69, 9.17) is 10.2 Å². The largest absolute Gasteiger partial charge is 0.508 e. The minimum absolute atomic E-state index is 0.00200. The van der Waals surface area contributed by atoms with Crippen molar-refractivity contribution in [1.29, 1.82) is 0 Å². The van der Waals surface area contributed by atoms with Crippen molar-refractivity contribution in [2.45, 2.75) is 0 Å². The molecule has 0 aliphatic heterocycles. The average Bonchev–Trinajstić information content (AvgIpc) is 2.90. The van der Waals surface area contributed by atoms with Gasteiger partial charge in [-0.25, -0.2) is 4.98 Å². The zero-order valence-corrected chi connectivity index (χ0v) is 12.1. The Hall–Kier alpha value is -2.86. The van der Waals surface area contributed by atoms with Gasteiger partial charge in [0.15, 0.2) is 0 Å². The number of hydrogen-bond acceptors (Lipinski definition) is 6. The first kappa shape index (κ1) is 12.8. The monoisotopic (exact) mass is 310 g/mol. The third-order valence-corrected chi connectivity index (χ3v) is 4.46. The maximum absolute atomic E-state index is 12.7. The summed E-state index contributed by atoms with van der Waals surface area (Å²) in [5, 5.41) is 10.4. The highest BCUT2D eigenvalue weighted by atomic mass is 32.1. The summed E-state index contributed by atoms with van der Waals surface area (Å²) in [4.78, 5) is 17.1. The highest BCUT2D eigenvalue weighted by Gasteiger charge is 2.18. The molecule has 2 aromatic carbocycles. The van der Waals surface area contributed by atoms with Crippen LogP contribution in [0.3, 0.4) is 0 Å². The maximum atomic E-state index is 12.7. The number of aromatic hydroxyl groups is 1. The summed E-state index contributed by atoms with van der Waals surface area (Å²) in [5.74, 6) is 0.0185. The number of nitrogens with two attached hydrogens (primary N) is 1. The number of hydrogen-bond donors (Lipinski definition) is 2. The molecule has 0 spiro atoms. The van der Waals surface area contributed by atoms with Gasteiger partial charge in [0.2, 0.25) is 11.3 Å². The van der Waals surface area contributed by atoms with E-state index >= 15 is 0 Å². The molecule has 4 aromatic rings. The minimum atomic E-state index is -0.252. The van der Waals surface area contributed by atoms with E-state index in [1.165, 1.54) is 29.5 Å². The Balaban J connectivity index is 2.06. The zero-order valence-electron chi connectivity index (χ0n) is 11.2. The zero-order chi connectivity index (χ0) is 15.3. The lowest BCUT2D eigenvalue weighted by molar-refractivity contribution is 0.474. The molecule has 22 heavy (non-hydrogen) atoms. The van der Waals surface area contributed by atoms with E-state index < -0.39 is 0 Å². The Kier molecular flexibility index (Phi) is 2.67. The number of rotatable bonds is 1. The lowest BCUT2D eigenvalue weighted by atomic mass is 10.1. The van der Waals surface area contributed by atoms with Crippen LogP contribution in [0.5, 0.6) is 5.75 Å². The molecule has 108 valence electrons. The summed E-state index contributed by atoms with van der Waals surface area (Å²) in [7, 11) is 0. The molecule has 0 bridgehead atoms. The third kappa shape index (κ3) is 1.85. The second-order valence-electron chi connectivity index (χ2n) is 4.84. The number of aromatic nitrogens is 1. The van der Waals surface area contributed by atoms with Crippen molar-refractivity contribution in [3.05, 3.63) is 52.7 Å². The number of phenolic OH excluding ortho intramolecular Hbond substituents is 1. The summed E-state index contributed by atoms with van der Waals surface area (Å²) in [6.45, 7) is 0. The summed E-state index contributed by atoms with van der Waals surface area (Å²) >= 11 is 1.39. The number of nitrogens with zero attached hydrogens (tertiary/aromatic N) is 1. The summed E-state index contributed by atoms with van der Waals surface area (Å²) < 4.78 is 6.46. The van der Waals surface area contributed by atoms with Crippen molar-refractivity contribution in [2.75, 3.05) is 5.73 Å². The molecule has 0 saturated carbocycles. The van der Waals surface area contributed by atoms with Crippen LogP contribution in [0, 0.1) is 0 Å². The lowest BCUT2D eigenvalue weighted by Gasteiger charge is -2.04. The molecule has 4 rings (SSSR count). The van der Waals surface area contributed by atoms with Gasteiger partial charge in [-0.2, -0.15) is 0 Å². The molecule has 0 fully saturated rings. The van der Waals surface area contributed by atoms with Gasteiger partial charge in [0.25, 0.3) is 0 Å². The first-order valence-corrected chi connectivity index (χ1v) is 7.36. The number of nitrogen functional groups attached to an aromatic ring is 1. The molecule has 0 atom stereocenters. The van der Waals surface area contributed by atoms with E-state index in [1.54, 1.807) is 0 Å². The van der Waals surface area contributed by atoms with E-state index in [0.29, 0.717) is 10.4 Å².